The Bertz CT molecular complexity index is 593. The number of rotatable bonds is 5. The zero-order valence-electron chi connectivity index (χ0n) is 12.8. The van der Waals surface area contributed by atoms with Crippen molar-refractivity contribution < 1.29 is 0 Å². The Hall–Kier alpha value is -1.85. The van der Waals surface area contributed by atoms with Crippen LogP contribution in [0.2, 0.25) is 0 Å². The van der Waals surface area contributed by atoms with Crippen LogP contribution in [-0.4, -0.2) is 32.5 Å². The minimum absolute atomic E-state index is 0.485. The highest BCUT2D eigenvalue weighted by atomic mass is 15.2. The fraction of sp³-hybridized carbons (Fsp3) is 0.667. The van der Waals surface area contributed by atoms with E-state index in [4.69, 9.17) is 0 Å². The van der Waals surface area contributed by atoms with Crippen molar-refractivity contribution >= 4 is 22.9 Å². The summed E-state index contributed by atoms with van der Waals surface area (Å²) in [4.78, 5) is 16.5. The molecule has 0 bridgehead atoms. The summed E-state index contributed by atoms with van der Waals surface area (Å²) in [5.41, 5.74) is 1.62. The van der Waals surface area contributed by atoms with Gasteiger partial charge in [0.2, 0.25) is 5.95 Å². The molecule has 1 aliphatic rings. The van der Waals surface area contributed by atoms with E-state index in [-0.39, 0.29) is 0 Å². The van der Waals surface area contributed by atoms with E-state index in [0.29, 0.717) is 17.9 Å². The molecular formula is C15H24N6. The Morgan fingerprint density at radius 3 is 2.95 bits per heavy atom. The van der Waals surface area contributed by atoms with Crippen molar-refractivity contribution in [1.29, 1.82) is 0 Å². The maximum absolute atomic E-state index is 4.63. The van der Waals surface area contributed by atoms with E-state index in [0.717, 1.165) is 29.9 Å². The lowest BCUT2D eigenvalue weighted by molar-refractivity contribution is 0.349. The van der Waals surface area contributed by atoms with Gasteiger partial charge in [0.15, 0.2) is 11.5 Å². The molecule has 0 amide bonds. The Balaban J connectivity index is 1.86. The monoisotopic (exact) mass is 288 g/mol. The molecule has 3 N–H and O–H groups in total. The summed E-state index contributed by atoms with van der Waals surface area (Å²) >= 11 is 0. The predicted octanol–water partition coefficient (Wildman–Crippen LogP) is 3.17. The van der Waals surface area contributed by atoms with Gasteiger partial charge in [0, 0.05) is 12.6 Å². The SMILES string of the molecule is CCCNc1nc(NC2CCCCC2C)c2[nH]cnc2n1. The predicted molar refractivity (Wildman–Crippen MR) is 85.5 cm³/mol. The Labute approximate surface area is 125 Å². The lowest BCUT2D eigenvalue weighted by Crippen LogP contribution is -2.31. The number of H-pyrrole nitrogens is 1. The zero-order valence-corrected chi connectivity index (χ0v) is 12.8. The van der Waals surface area contributed by atoms with Crippen LogP contribution < -0.4 is 10.6 Å². The second-order valence-electron chi connectivity index (χ2n) is 5.94. The summed E-state index contributed by atoms with van der Waals surface area (Å²) in [6.45, 7) is 5.32. The number of nitrogens with one attached hydrogen (secondary N) is 3. The van der Waals surface area contributed by atoms with Gasteiger partial charge in [0.25, 0.3) is 0 Å². The summed E-state index contributed by atoms with van der Waals surface area (Å²) < 4.78 is 0. The lowest BCUT2D eigenvalue weighted by atomic mass is 9.86. The number of aromatic amines is 1. The fourth-order valence-corrected chi connectivity index (χ4v) is 2.96. The largest absolute Gasteiger partial charge is 0.365 e. The molecule has 2 heterocycles. The van der Waals surface area contributed by atoms with Crippen molar-refractivity contribution in [2.75, 3.05) is 17.2 Å². The number of imidazole rings is 1. The quantitative estimate of drug-likeness (QED) is 0.787. The first-order chi connectivity index (χ1) is 10.3. The first kappa shape index (κ1) is 14.1. The van der Waals surface area contributed by atoms with E-state index in [2.05, 4.69) is 44.4 Å². The van der Waals surface area contributed by atoms with Crippen LogP contribution in [0.4, 0.5) is 11.8 Å². The molecule has 0 radical (unpaired) electrons. The standard InChI is InChI=1S/C15H24N6/c1-3-8-16-15-20-13-12(17-9-18-13)14(21-15)19-11-7-5-4-6-10(11)2/h9-11H,3-8H2,1-2H3,(H3,16,17,18,19,20,21). The number of hydrogen-bond donors (Lipinski definition) is 3. The second kappa shape index (κ2) is 6.28. The van der Waals surface area contributed by atoms with Crippen molar-refractivity contribution in [3.8, 4) is 0 Å². The highest BCUT2D eigenvalue weighted by Gasteiger charge is 2.22. The molecule has 3 rings (SSSR count). The molecule has 0 saturated heterocycles. The van der Waals surface area contributed by atoms with Crippen molar-refractivity contribution in [2.24, 2.45) is 5.92 Å². The number of anilines is 2. The van der Waals surface area contributed by atoms with Gasteiger partial charge in [0.05, 0.1) is 6.33 Å². The maximum atomic E-state index is 4.63. The Morgan fingerprint density at radius 2 is 2.14 bits per heavy atom. The van der Waals surface area contributed by atoms with Crippen LogP contribution in [0.5, 0.6) is 0 Å². The Kier molecular flexibility index (Phi) is 4.22. The molecular weight excluding hydrogens is 264 g/mol. The summed E-state index contributed by atoms with van der Waals surface area (Å²) in [7, 11) is 0. The molecule has 1 saturated carbocycles. The van der Waals surface area contributed by atoms with Gasteiger partial charge in [-0.3, -0.25) is 0 Å². The average molecular weight is 288 g/mol. The molecule has 2 aromatic rings. The second-order valence-corrected chi connectivity index (χ2v) is 5.94. The molecule has 1 aliphatic carbocycles. The van der Waals surface area contributed by atoms with Gasteiger partial charge in [-0.2, -0.15) is 9.97 Å². The van der Waals surface area contributed by atoms with Crippen LogP contribution in [0.15, 0.2) is 6.33 Å². The van der Waals surface area contributed by atoms with Crippen molar-refractivity contribution in [1.82, 2.24) is 19.9 Å². The number of nitrogens with zero attached hydrogens (tertiary/aromatic N) is 3. The van der Waals surface area contributed by atoms with E-state index in [9.17, 15) is 0 Å². The number of fused-ring (bicyclic) bond motifs is 1. The summed E-state index contributed by atoms with van der Waals surface area (Å²) in [5, 5.41) is 6.86. The van der Waals surface area contributed by atoms with Gasteiger partial charge in [-0.15, -0.1) is 0 Å². The molecule has 114 valence electrons. The molecule has 2 aromatic heterocycles. The number of aromatic nitrogens is 4. The van der Waals surface area contributed by atoms with Gasteiger partial charge < -0.3 is 15.6 Å². The van der Waals surface area contributed by atoms with E-state index in [1.807, 2.05) is 0 Å². The third-order valence-corrected chi connectivity index (χ3v) is 4.25. The van der Waals surface area contributed by atoms with Crippen LogP contribution in [0.1, 0.15) is 46.0 Å². The fourth-order valence-electron chi connectivity index (χ4n) is 2.96. The van der Waals surface area contributed by atoms with Gasteiger partial charge >= 0.3 is 0 Å². The smallest absolute Gasteiger partial charge is 0.226 e. The van der Waals surface area contributed by atoms with Crippen LogP contribution in [0.25, 0.3) is 11.2 Å². The van der Waals surface area contributed by atoms with Crippen molar-refractivity contribution in [3.63, 3.8) is 0 Å². The minimum atomic E-state index is 0.485. The summed E-state index contributed by atoms with van der Waals surface area (Å²) in [5.74, 6) is 2.20. The zero-order chi connectivity index (χ0) is 14.7. The first-order valence-electron chi connectivity index (χ1n) is 7.99. The molecule has 2 unspecified atom stereocenters. The summed E-state index contributed by atoms with van der Waals surface area (Å²) in [6, 6.07) is 0.485. The van der Waals surface area contributed by atoms with Crippen LogP contribution in [0, 0.1) is 5.92 Å². The minimum Gasteiger partial charge on any atom is -0.365 e. The molecule has 0 aromatic carbocycles. The highest BCUT2D eigenvalue weighted by molar-refractivity contribution is 5.83. The molecule has 0 aliphatic heterocycles. The van der Waals surface area contributed by atoms with Crippen LogP contribution >= 0.6 is 0 Å². The van der Waals surface area contributed by atoms with E-state index < -0.39 is 0 Å². The normalized spacial score (nSPS) is 22.4. The highest BCUT2D eigenvalue weighted by Crippen LogP contribution is 2.28. The third-order valence-electron chi connectivity index (χ3n) is 4.25. The molecule has 2 atom stereocenters. The van der Waals surface area contributed by atoms with Gasteiger partial charge in [-0.25, -0.2) is 4.98 Å². The summed E-state index contributed by atoms with van der Waals surface area (Å²) in [6.07, 6.45) is 7.85. The molecule has 6 nitrogen and oxygen atoms in total. The van der Waals surface area contributed by atoms with Gasteiger partial charge in [-0.1, -0.05) is 26.7 Å². The van der Waals surface area contributed by atoms with E-state index in [1.165, 1.54) is 25.7 Å². The number of hydrogen-bond acceptors (Lipinski definition) is 5. The van der Waals surface area contributed by atoms with Crippen molar-refractivity contribution in [2.45, 2.75) is 52.0 Å². The first-order valence-corrected chi connectivity index (χ1v) is 7.99. The molecule has 1 fully saturated rings. The van der Waals surface area contributed by atoms with Crippen LogP contribution in [-0.2, 0) is 0 Å². The Morgan fingerprint density at radius 1 is 1.29 bits per heavy atom. The third kappa shape index (κ3) is 3.09. The van der Waals surface area contributed by atoms with Gasteiger partial charge in [-0.05, 0) is 25.2 Å². The molecule has 21 heavy (non-hydrogen) atoms. The lowest BCUT2D eigenvalue weighted by Gasteiger charge is -2.30. The van der Waals surface area contributed by atoms with Crippen molar-refractivity contribution in [3.05, 3.63) is 6.33 Å². The maximum Gasteiger partial charge on any atom is 0.226 e. The van der Waals surface area contributed by atoms with Crippen LogP contribution in [0.3, 0.4) is 0 Å². The average Bonchev–Trinajstić information content (AvgIpc) is 2.96. The molecule has 6 heteroatoms. The molecule has 0 spiro atoms. The van der Waals surface area contributed by atoms with E-state index in [1.54, 1.807) is 6.33 Å². The topological polar surface area (TPSA) is 78.5 Å². The van der Waals surface area contributed by atoms with Gasteiger partial charge in [0.1, 0.15) is 5.52 Å². The van der Waals surface area contributed by atoms with E-state index >= 15 is 0 Å².